The van der Waals surface area contributed by atoms with Crippen LogP contribution in [0.4, 0.5) is 0 Å². The van der Waals surface area contributed by atoms with Crippen LogP contribution in [0.2, 0.25) is 0 Å². The second kappa shape index (κ2) is 2.88. The van der Waals surface area contributed by atoms with Crippen LogP contribution in [0.1, 0.15) is 11.1 Å². The van der Waals surface area contributed by atoms with E-state index in [0.717, 1.165) is 6.08 Å². The van der Waals surface area contributed by atoms with Crippen molar-refractivity contribution in [2.24, 2.45) is 0 Å². The van der Waals surface area contributed by atoms with Gasteiger partial charge in [0, 0.05) is 0 Å². The zero-order valence-electron chi connectivity index (χ0n) is 7.49. The lowest BCUT2D eigenvalue weighted by Crippen LogP contribution is -2.40. The van der Waals surface area contributed by atoms with Gasteiger partial charge in [-0.1, -0.05) is 18.2 Å². The zero-order chi connectivity index (χ0) is 11.1. The van der Waals surface area contributed by atoms with E-state index in [1.165, 1.54) is 12.1 Å². The van der Waals surface area contributed by atoms with Crippen LogP contribution in [-0.4, -0.2) is 9.85 Å². The fourth-order valence-electron chi connectivity index (χ4n) is 1.66. The lowest BCUT2D eigenvalue weighted by Gasteiger charge is -2.10. The number of fused-ring (bicyclic) bond motifs is 1. The van der Waals surface area contributed by atoms with Gasteiger partial charge in [0.25, 0.3) is 0 Å². The maximum atomic E-state index is 10.8. The highest BCUT2D eigenvalue weighted by atomic mass is 16.7. The molecule has 0 bridgehead atoms. The molecule has 0 N–H and O–H groups in total. The highest BCUT2D eigenvalue weighted by Gasteiger charge is 2.59. The molecule has 0 atom stereocenters. The minimum atomic E-state index is -2.31. The summed E-state index contributed by atoms with van der Waals surface area (Å²) < 4.78 is 0. The summed E-state index contributed by atoms with van der Waals surface area (Å²) in [6.45, 7) is 0. The van der Waals surface area contributed by atoms with E-state index in [-0.39, 0.29) is 5.56 Å². The molecule has 1 aliphatic rings. The van der Waals surface area contributed by atoms with Crippen molar-refractivity contribution in [3.8, 4) is 0 Å². The molecule has 0 unspecified atom stereocenters. The molecule has 6 nitrogen and oxygen atoms in total. The van der Waals surface area contributed by atoms with Gasteiger partial charge in [-0.05, 0) is 17.7 Å². The Labute approximate surface area is 84.1 Å². The number of nitro groups is 2. The molecule has 15 heavy (non-hydrogen) atoms. The van der Waals surface area contributed by atoms with Gasteiger partial charge in [0.2, 0.25) is 0 Å². The Bertz CT molecular complexity index is 467. The molecule has 6 heteroatoms. The zero-order valence-corrected chi connectivity index (χ0v) is 7.49. The van der Waals surface area contributed by atoms with Gasteiger partial charge >= 0.3 is 5.66 Å². The highest BCUT2D eigenvalue weighted by molar-refractivity contribution is 5.62. The SMILES string of the molecule is O=[N+]([O-])C1([N+](=O)[O-])C=Cc2ccccc21. The third-order valence-corrected chi connectivity index (χ3v) is 2.41. The van der Waals surface area contributed by atoms with Crippen molar-refractivity contribution in [3.63, 3.8) is 0 Å². The Balaban J connectivity index is 2.70. The van der Waals surface area contributed by atoms with Gasteiger partial charge in [-0.15, -0.1) is 0 Å². The van der Waals surface area contributed by atoms with E-state index < -0.39 is 15.5 Å². The van der Waals surface area contributed by atoms with Crippen LogP contribution in [0.15, 0.2) is 30.3 Å². The second-order valence-electron chi connectivity index (χ2n) is 3.16. The van der Waals surface area contributed by atoms with Gasteiger partial charge in [0.15, 0.2) is 0 Å². The lowest BCUT2D eigenvalue weighted by atomic mass is 10.0. The van der Waals surface area contributed by atoms with Crippen molar-refractivity contribution in [2.75, 3.05) is 0 Å². The van der Waals surface area contributed by atoms with E-state index in [9.17, 15) is 20.2 Å². The van der Waals surface area contributed by atoms with Crippen molar-refractivity contribution in [1.82, 2.24) is 0 Å². The normalized spacial score (nSPS) is 16.0. The summed E-state index contributed by atoms with van der Waals surface area (Å²) in [4.78, 5) is 19.9. The third-order valence-electron chi connectivity index (χ3n) is 2.41. The maximum absolute atomic E-state index is 10.8. The van der Waals surface area contributed by atoms with Gasteiger partial charge in [0.1, 0.15) is 15.4 Å². The van der Waals surface area contributed by atoms with E-state index in [1.807, 2.05) is 0 Å². The minimum absolute atomic E-state index is 0.111. The summed E-state index contributed by atoms with van der Waals surface area (Å²) in [6.07, 6.45) is 2.42. The summed E-state index contributed by atoms with van der Waals surface area (Å²) in [5.41, 5.74) is -1.68. The van der Waals surface area contributed by atoms with Crippen molar-refractivity contribution in [3.05, 3.63) is 61.7 Å². The molecule has 0 aromatic heterocycles. The Morgan fingerprint density at radius 3 is 2.27 bits per heavy atom. The van der Waals surface area contributed by atoms with Crippen LogP contribution >= 0.6 is 0 Å². The molecule has 0 heterocycles. The fraction of sp³-hybridized carbons (Fsp3) is 0.111. The molecule has 0 saturated carbocycles. The van der Waals surface area contributed by atoms with Crippen LogP contribution < -0.4 is 0 Å². The molecule has 2 rings (SSSR count). The first kappa shape index (κ1) is 9.32. The number of benzene rings is 1. The van der Waals surface area contributed by atoms with Gasteiger partial charge in [0.05, 0.1) is 6.08 Å². The maximum Gasteiger partial charge on any atom is 0.504 e. The Morgan fingerprint density at radius 1 is 1.07 bits per heavy atom. The highest BCUT2D eigenvalue weighted by Crippen LogP contribution is 2.36. The number of hydrogen-bond acceptors (Lipinski definition) is 4. The summed E-state index contributed by atoms with van der Waals surface area (Å²) in [6, 6.07) is 6.24. The van der Waals surface area contributed by atoms with Crippen LogP contribution in [-0.2, 0) is 5.66 Å². The molecule has 0 fully saturated rings. The molecular formula is C9H6N2O4. The molecular weight excluding hydrogens is 200 g/mol. The molecule has 0 saturated heterocycles. The monoisotopic (exact) mass is 206 g/mol. The van der Waals surface area contributed by atoms with Crippen molar-refractivity contribution in [1.29, 1.82) is 0 Å². The Morgan fingerprint density at radius 2 is 1.67 bits per heavy atom. The van der Waals surface area contributed by atoms with Gasteiger partial charge in [-0.3, -0.25) is 20.2 Å². The van der Waals surface area contributed by atoms with Crippen LogP contribution in [0.5, 0.6) is 0 Å². The van der Waals surface area contributed by atoms with E-state index in [0.29, 0.717) is 5.56 Å². The number of hydrogen-bond donors (Lipinski definition) is 0. The molecule has 1 aliphatic carbocycles. The molecule has 1 aromatic rings. The van der Waals surface area contributed by atoms with E-state index in [2.05, 4.69) is 0 Å². The Hall–Kier alpha value is -2.24. The molecule has 0 spiro atoms. The molecule has 0 radical (unpaired) electrons. The number of nitrogens with zero attached hydrogens (tertiary/aromatic N) is 2. The quantitative estimate of drug-likeness (QED) is 0.416. The summed E-state index contributed by atoms with van der Waals surface area (Å²) in [7, 11) is 0. The van der Waals surface area contributed by atoms with Gasteiger partial charge in [-0.25, -0.2) is 0 Å². The second-order valence-corrected chi connectivity index (χ2v) is 3.16. The molecule has 76 valence electrons. The standard InChI is InChI=1S/C9H6N2O4/c12-10(13)9(11(14)15)6-5-7-3-1-2-4-8(7)9/h1-6H. The van der Waals surface area contributed by atoms with E-state index in [4.69, 9.17) is 0 Å². The first-order valence-corrected chi connectivity index (χ1v) is 4.17. The third kappa shape index (κ3) is 1.04. The predicted octanol–water partition coefficient (Wildman–Crippen LogP) is 1.42. The van der Waals surface area contributed by atoms with Crippen LogP contribution in [0.25, 0.3) is 6.08 Å². The van der Waals surface area contributed by atoms with Crippen molar-refractivity contribution in [2.45, 2.75) is 5.66 Å². The summed E-state index contributed by atoms with van der Waals surface area (Å²) in [5.74, 6) is 0. The van der Waals surface area contributed by atoms with Crippen LogP contribution in [0, 0.1) is 20.2 Å². The van der Waals surface area contributed by atoms with Crippen LogP contribution in [0.3, 0.4) is 0 Å². The van der Waals surface area contributed by atoms with Gasteiger partial charge in [-0.2, -0.15) is 0 Å². The average Bonchev–Trinajstić information content (AvgIpc) is 2.57. The Kier molecular flexibility index (Phi) is 1.79. The average molecular weight is 206 g/mol. The van der Waals surface area contributed by atoms with Crippen molar-refractivity contribution >= 4 is 6.08 Å². The molecule has 0 amide bonds. The summed E-state index contributed by atoms with van der Waals surface area (Å²) in [5, 5.41) is 21.7. The lowest BCUT2D eigenvalue weighted by molar-refractivity contribution is -0.793. The van der Waals surface area contributed by atoms with Gasteiger partial charge < -0.3 is 0 Å². The molecule has 1 aromatic carbocycles. The topological polar surface area (TPSA) is 86.3 Å². The van der Waals surface area contributed by atoms with Crippen molar-refractivity contribution < 1.29 is 9.85 Å². The smallest absolute Gasteiger partial charge is 0.258 e. The fourth-order valence-corrected chi connectivity index (χ4v) is 1.66. The number of rotatable bonds is 2. The first-order valence-electron chi connectivity index (χ1n) is 4.17. The molecule has 0 aliphatic heterocycles. The first-order chi connectivity index (χ1) is 7.09. The predicted molar refractivity (Wildman–Crippen MR) is 51.1 cm³/mol. The van der Waals surface area contributed by atoms with E-state index >= 15 is 0 Å². The largest absolute Gasteiger partial charge is 0.504 e. The summed E-state index contributed by atoms with van der Waals surface area (Å²) >= 11 is 0. The minimum Gasteiger partial charge on any atom is -0.258 e. The van der Waals surface area contributed by atoms with E-state index in [1.54, 1.807) is 18.2 Å².